The summed E-state index contributed by atoms with van der Waals surface area (Å²) in [4.78, 5) is 0. The summed E-state index contributed by atoms with van der Waals surface area (Å²) in [5.74, 6) is 0.752. The molecular formula is C14H25N3. The smallest absolute Gasteiger partial charge is 0.0522 e. The molecule has 1 atom stereocenters. The Morgan fingerprint density at radius 3 is 2.88 bits per heavy atom. The van der Waals surface area contributed by atoms with Crippen LogP contribution in [0.4, 0.5) is 0 Å². The number of aryl methyl sites for hydroxylation is 1. The van der Waals surface area contributed by atoms with Crippen LogP contribution >= 0.6 is 0 Å². The number of hydrogen-bond donors (Lipinski definition) is 1. The molecule has 1 unspecified atom stereocenters. The molecule has 0 aliphatic carbocycles. The van der Waals surface area contributed by atoms with E-state index in [9.17, 15) is 0 Å². The SMILES string of the molecule is CCn1cc(CC2(CC(C)C)CCCN2)cn1. The molecular weight excluding hydrogens is 210 g/mol. The molecule has 96 valence electrons. The van der Waals surface area contributed by atoms with E-state index in [1.807, 2.05) is 10.9 Å². The molecule has 3 heteroatoms. The Labute approximate surface area is 105 Å². The molecule has 0 radical (unpaired) electrons. The Balaban J connectivity index is 2.06. The lowest BCUT2D eigenvalue weighted by molar-refractivity contribution is 0.301. The summed E-state index contributed by atoms with van der Waals surface area (Å²) in [5.41, 5.74) is 1.71. The highest BCUT2D eigenvalue weighted by atomic mass is 15.3. The second kappa shape index (κ2) is 5.21. The Morgan fingerprint density at radius 2 is 2.35 bits per heavy atom. The fraction of sp³-hybridized carbons (Fsp3) is 0.786. The van der Waals surface area contributed by atoms with Crippen molar-refractivity contribution < 1.29 is 0 Å². The summed E-state index contributed by atoms with van der Waals surface area (Å²) < 4.78 is 2.02. The first-order valence-corrected chi connectivity index (χ1v) is 6.90. The number of aromatic nitrogens is 2. The third-order valence-electron chi connectivity index (χ3n) is 3.68. The standard InChI is InChI=1S/C14H25N3/c1-4-17-11-13(10-16-17)9-14(8-12(2)3)6-5-7-15-14/h10-12,15H,4-9H2,1-3H3. The monoisotopic (exact) mass is 235 g/mol. The lowest BCUT2D eigenvalue weighted by atomic mass is 9.83. The molecule has 3 nitrogen and oxygen atoms in total. The van der Waals surface area contributed by atoms with Gasteiger partial charge < -0.3 is 5.32 Å². The first-order valence-electron chi connectivity index (χ1n) is 6.90. The van der Waals surface area contributed by atoms with Crippen molar-refractivity contribution in [1.29, 1.82) is 0 Å². The highest BCUT2D eigenvalue weighted by Gasteiger charge is 2.34. The first kappa shape index (κ1) is 12.6. The molecule has 17 heavy (non-hydrogen) atoms. The first-order chi connectivity index (χ1) is 8.13. The highest BCUT2D eigenvalue weighted by Crippen LogP contribution is 2.30. The van der Waals surface area contributed by atoms with Gasteiger partial charge >= 0.3 is 0 Å². The van der Waals surface area contributed by atoms with Crippen LogP contribution in [-0.2, 0) is 13.0 Å². The minimum absolute atomic E-state index is 0.329. The zero-order chi connectivity index (χ0) is 12.3. The van der Waals surface area contributed by atoms with E-state index in [0.29, 0.717) is 5.54 Å². The molecule has 1 aliphatic heterocycles. The molecule has 1 aromatic heterocycles. The van der Waals surface area contributed by atoms with Gasteiger partial charge in [-0.1, -0.05) is 13.8 Å². The van der Waals surface area contributed by atoms with Crippen LogP contribution in [0.3, 0.4) is 0 Å². The van der Waals surface area contributed by atoms with Crippen LogP contribution < -0.4 is 5.32 Å². The lowest BCUT2D eigenvalue weighted by Gasteiger charge is -2.31. The number of hydrogen-bond acceptors (Lipinski definition) is 2. The fourth-order valence-corrected chi connectivity index (χ4v) is 3.11. The van der Waals surface area contributed by atoms with E-state index in [-0.39, 0.29) is 0 Å². The largest absolute Gasteiger partial charge is 0.311 e. The van der Waals surface area contributed by atoms with Crippen LogP contribution in [-0.4, -0.2) is 21.9 Å². The van der Waals surface area contributed by atoms with E-state index in [2.05, 4.69) is 37.4 Å². The van der Waals surface area contributed by atoms with Gasteiger partial charge in [0, 0.05) is 18.3 Å². The second-order valence-electron chi connectivity index (χ2n) is 5.79. The molecule has 0 amide bonds. The summed E-state index contributed by atoms with van der Waals surface area (Å²) in [6, 6.07) is 0. The molecule has 0 saturated carbocycles. The second-order valence-corrected chi connectivity index (χ2v) is 5.79. The maximum Gasteiger partial charge on any atom is 0.0522 e. The summed E-state index contributed by atoms with van der Waals surface area (Å²) in [5, 5.41) is 8.12. The maximum atomic E-state index is 4.38. The summed E-state index contributed by atoms with van der Waals surface area (Å²) in [6.45, 7) is 8.90. The average molecular weight is 235 g/mol. The normalized spacial score (nSPS) is 24.7. The van der Waals surface area contributed by atoms with Gasteiger partial charge in [0.15, 0.2) is 0 Å². The van der Waals surface area contributed by atoms with Crippen LogP contribution in [0.25, 0.3) is 0 Å². The molecule has 0 aromatic carbocycles. The quantitative estimate of drug-likeness (QED) is 0.850. The van der Waals surface area contributed by atoms with Crippen molar-refractivity contribution in [2.75, 3.05) is 6.54 Å². The van der Waals surface area contributed by atoms with Crippen molar-refractivity contribution in [3.63, 3.8) is 0 Å². The minimum Gasteiger partial charge on any atom is -0.311 e. The number of rotatable bonds is 5. The highest BCUT2D eigenvalue weighted by molar-refractivity contribution is 5.12. The van der Waals surface area contributed by atoms with Crippen molar-refractivity contribution >= 4 is 0 Å². The van der Waals surface area contributed by atoms with Gasteiger partial charge in [0.25, 0.3) is 0 Å². The van der Waals surface area contributed by atoms with Crippen LogP contribution in [0, 0.1) is 5.92 Å². The summed E-state index contributed by atoms with van der Waals surface area (Å²) >= 11 is 0. The predicted molar refractivity (Wildman–Crippen MR) is 71.0 cm³/mol. The van der Waals surface area contributed by atoms with E-state index in [1.165, 1.54) is 31.4 Å². The minimum atomic E-state index is 0.329. The Morgan fingerprint density at radius 1 is 1.53 bits per heavy atom. The predicted octanol–water partition coefficient (Wildman–Crippen LogP) is 2.61. The Hall–Kier alpha value is -0.830. The number of nitrogens with one attached hydrogen (secondary N) is 1. The van der Waals surface area contributed by atoms with Crippen molar-refractivity contribution in [1.82, 2.24) is 15.1 Å². The third kappa shape index (κ3) is 3.09. The molecule has 0 bridgehead atoms. The number of nitrogens with zero attached hydrogens (tertiary/aromatic N) is 2. The molecule has 1 aliphatic rings. The van der Waals surface area contributed by atoms with Crippen LogP contribution in [0.1, 0.15) is 45.6 Å². The van der Waals surface area contributed by atoms with Crippen molar-refractivity contribution in [3.05, 3.63) is 18.0 Å². The Kier molecular flexibility index (Phi) is 3.87. The topological polar surface area (TPSA) is 29.9 Å². The van der Waals surface area contributed by atoms with Crippen molar-refractivity contribution in [3.8, 4) is 0 Å². The van der Waals surface area contributed by atoms with Gasteiger partial charge in [0.1, 0.15) is 0 Å². The van der Waals surface area contributed by atoms with Gasteiger partial charge in [0.2, 0.25) is 0 Å². The maximum absolute atomic E-state index is 4.38. The van der Waals surface area contributed by atoms with Gasteiger partial charge in [-0.25, -0.2) is 0 Å². The van der Waals surface area contributed by atoms with Crippen LogP contribution in [0.15, 0.2) is 12.4 Å². The molecule has 1 saturated heterocycles. The molecule has 1 N–H and O–H groups in total. The van der Waals surface area contributed by atoms with Gasteiger partial charge in [-0.3, -0.25) is 4.68 Å². The summed E-state index contributed by atoms with van der Waals surface area (Å²) in [7, 11) is 0. The molecule has 2 rings (SSSR count). The average Bonchev–Trinajstić information content (AvgIpc) is 2.87. The van der Waals surface area contributed by atoms with E-state index < -0.39 is 0 Å². The molecule has 1 aromatic rings. The summed E-state index contributed by atoms with van der Waals surface area (Å²) in [6.07, 6.45) is 9.25. The van der Waals surface area contributed by atoms with Gasteiger partial charge in [-0.2, -0.15) is 5.10 Å². The zero-order valence-electron chi connectivity index (χ0n) is 11.4. The lowest BCUT2D eigenvalue weighted by Crippen LogP contribution is -2.43. The van der Waals surface area contributed by atoms with Crippen LogP contribution in [0.5, 0.6) is 0 Å². The van der Waals surface area contributed by atoms with Gasteiger partial charge in [-0.15, -0.1) is 0 Å². The third-order valence-corrected chi connectivity index (χ3v) is 3.68. The van der Waals surface area contributed by atoms with E-state index in [0.717, 1.165) is 18.9 Å². The molecule has 2 heterocycles. The van der Waals surface area contributed by atoms with E-state index >= 15 is 0 Å². The fourth-order valence-electron chi connectivity index (χ4n) is 3.11. The van der Waals surface area contributed by atoms with E-state index in [4.69, 9.17) is 0 Å². The van der Waals surface area contributed by atoms with Gasteiger partial charge in [0.05, 0.1) is 6.20 Å². The van der Waals surface area contributed by atoms with E-state index in [1.54, 1.807) is 0 Å². The molecule has 1 fully saturated rings. The van der Waals surface area contributed by atoms with Crippen molar-refractivity contribution in [2.24, 2.45) is 5.92 Å². The van der Waals surface area contributed by atoms with Crippen molar-refractivity contribution in [2.45, 2.75) is 58.5 Å². The van der Waals surface area contributed by atoms with Crippen LogP contribution in [0.2, 0.25) is 0 Å². The Bertz CT molecular complexity index is 348. The molecule has 0 spiro atoms. The van der Waals surface area contributed by atoms with Gasteiger partial charge in [-0.05, 0) is 50.6 Å². The zero-order valence-corrected chi connectivity index (χ0v) is 11.4.